The van der Waals surface area contributed by atoms with E-state index in [1.165, 1.54) is 12.5 Å². The molecule has 3 N–H and O–H groups in total. The van der Waals surface area contributed by atoms with Crippen molar-refractivity contribution >= 4 is 5.97 Å². The number of carbonyl (C=O) groups is 1. The summed E-state index contributed by atoms with van der Waals surface area (Å²) in [6.07, 6.45) is 2.97. The summed E-state index contributed by atoms with van der Waals surface area (Å²) >= 11 is 0. The van der Waals surface area contributed by atoms with Gasteiger partial charge in [0.25, 0.3) is 0 Å². The van der Waals surface area contributed by atoms with Gasteiger partial charge in [-0.1, -0.05) is 18.2 Å². The summed E-state index contributed by atoms with van der Waals surface area (Å²) < 4.78 is 5.19. The first-order valence-corrected chi connectivity index (χ1v) is 5.15. The van der Waals surface area contributed by atoms with Gasteiger partial charge in [0.05, 0.1) is 12.1 Å². The first-order chi connectivity index (χ1) is 8.24. The summed E-state index contributed by atoms with van der Waals surface area (Å²) in [5.41, 5.74) is 6.77. The van der Waals surface area contributed by atoms with Gasteiger partial charge in [-0.05, 0) is 11.6 Å². The molecule has 1 atom stereocenters. The van der Waals surface area contributed by atoms with Crippen LogP contribution in [0, 0.1) is 0 Å². The van der Waals surface area contributed by atoms with Crippen molar-refractivity contribution < 1.29 is 14.3 Å². The van der Waals surface area contributed by atoms with Gasteiger partial charge in [-0.2, -0.15) is 0 Å². The van der Waals surface area contributed by atoms with E-state index in [4.69, 9.17) is 15.3 Å². The topological polar surface area (TPSA) is 89.4 Å². The molecular weight excluding hydrogens is 220 g/mol. The first kappa shape index (κ1) is 11.3. The standard InChI is InChI=1S/C12H12N2O3/c13-7-10(12(15)16)8-3-1-2-4-9(8)11-14-5-6-17-11/h1-6,10H,7,13H2,(H,15,16). The summed E-state index contributed by atoms with van der Waals surface area (Å²) in [5, 5.41) is 9.12. The summed E-state index contributed by atoms with van der Waals surface area (Å²) in [7, 11) is 0. The molecule has 0 aliphatic rings. The molecule has 0 saturated carbocycles. The number of aromatic nitrogens is 1. The number of nitrogens with two attached hydrogens (primary N) is 1. The number of rotatable bonds is 4. The Hall–Kier alpha value is -2.14. The minimum Gasteiger partial charge on any atom is -0.481 e. The van der Waals surface area contributed by atoms with Gasteiger partial charge in [0.2, 0.25) is 5.89 Å². The lowest BCUT2D eigenvalue weighted by Crippen LogP contribution is -2.21. The SMILES string of the molecule is NCC(C(=O)O)c1ccccc1-c1ncco1. The Kier molecular flexibility index (Phi) is 3.20. The van der Waals surface area contributed by atoms with Crippen LogP contribution in [0.5, 0.6) is 0 Å². The largest absolute Gasteiger partial charge is 0.481 e. The summed E-state index contributed by atoms with van der Waals surface area (Å²) in [5.74, 6) is -1.30. The van der Waals surface area contributed by atoms with Gasteiger partial charge in [-0.3, -0.25) is 4.79 Å². The predicted molar refractivity (Wildman–Crippen MR) is 61.4 cm³/mol. The Morgan fingerprint density at radius 3 is 2.82 bits per heavy atom. The molecule has 1 aromatic carbocycles. The Morgan fingerprint density at radius 1 is 1.47 bits per heavy atom. The molecule has 0 aliphatic heterocycles. The zero-order valence-corrected chi connectivity index (χ0v) is 9.04. The maximum atomic E-state index is 11.1. The number of hydrogen-bond acceptors (Lipinski definition) is 4. The minimum atomic E-state index is -0.952. The van der Waals surface area contributed by atoms with E-state index in [1.807, 2.05) is 0 Å². The molecule has 0 saturated heterocycles. The lowest BCUT2D eigenvalue weighted by Gasteiger charge is -2.13. The molecule has 0 aliphatic carbocycles. The molecule has 2 rings (SSSR count). The second-order valence-electron chi connectivity index (χ2n) is 3.55. The molecule has 17 heavy (non-hydrogen) atoms. The molecule has 0 bridgehead atoms. The van der Waals surface area contributed by atoms with Crippen LogP contribution in [-0.2, 0) is 4.79 Å². The average Bonchev–Trinajstić information content (AvgIpc) is 2.83. The number of carboxylic acid groups (broad SMARTS) is 1. The molecule has 1 aromatic heterocycles. The number of oxazole rings is 1. The molecule has 1 unspecified atom stereocenters. The van der Waals surface area contributed by atoms with Crippen molar-refractivity contribution in [2.24, 2.45) is 5.73 Å². The molecule has 2 aromatic rings. The van der Waals surface area contributed by atoms with Crippen LogP contribution in [0.2, 0.25) is 0 Å². The van der Waals surface area contributed by atoms with E-state index in [0.717, 1.165) is 0 Å². The average molecular weight is 232 g/mol. The van der Waals surface area contributed by atoms with Gasteiger partial charge < -0.3 is 15.3 Å². The zero-order chi connectivity index (χ0) is 12.3. The highest BCUT2D eigenvalue weighted by Crippen LogP contribution is 2.27. The quantitative estimate of drug-likeness (QED) is 0.833. The van der Waals surface area contributed by atoms with Gasteiger partial charge in [0.1, 0.15) is 6.26 Å². The maximum Gasteiger partial charge on any atom is 0.312 e. The van der Waals surface area contributed by atoms with Crippen LogP contribution in [0.1, 0.15) is 11.5 Å². The summed E-state index contributed by atoms with van der Waals surface area (Å²) in [6, 6.07) is 7.07. The van der Waals surface area contributed by atoms with Crippen molar-refractivity contribution in [1.29, 1.82) is 0 Å². The summed E-state index contributed by atoms with van der Waals surface area (Å²) in [6.45, 7) is 0.0348. The lowest BCUT2D eigenvalue weighted by atomic mass is 9.94. The molecule has 88 valence electrons. The van der Waals surface area contributed by atoms with E-state index in [0.29, 0.717) is 17.0 Å². The van der Waals surface area contributed by atoms with E-state index in [9.17, 15) is 4.79 Å². The van der Waals surface area contributed by atoms with Crippen LogP contribution in [-0.4, -0.2) is 22.6 Å². The third kappa shape index (κ3) is 2.19. The van der Waals surface area contributed by atoms with Crippen molar-refractivity contribution in [2.45, 2.75) is 5.92 Å². The van der Waals surface area contributed by atoms with Crippen molar-refractivity contribution in [1.82, 2.24) is 4.98 Å². The normalized spacial score (nSPS) is 12.3. The maximum absolute atomic E-state index is 11.1. The minimum absolute atomic E-state index is 0.0348. The third-order valence-electron chi connectivity index (χ3n) is 2.53. The monoisotopic (exact) mass is 232 g/mol. The Bertz CT molecular complexity index is 508. The molecule has 0 amide bonds. The van der Waals surface area contributed by atoms with Gasteiger partial charge in [-0.15, -0.1) is 0 Å². The van der Waals surface area contributed by atoms with E-state index in [2.05, 4.69) is 4.98 Å². The van der Waals surface area contributed by atoms with E-state index < -0.39 is 11.9 Å². The van der Waals surface area contributed by atoms with Gasteiger partial charge in [0.15, 0.2) is 0 Å². The number of benzene rings is 1. The molecule has 0 spiro atoms. The smallest absolute Gasteiger partial charge is 0.312 e. The van der Waals surface area contributed by atoms with Crippen molar-refractivity contribution in [2.75, 3.05) is 6.54 Å². The van der Waals surface area contributed by atoms with Crippen LogP contribution < -0.4 is 5.73 Å². The number of nitrogens with zero attached hydrogens (tertiary/aromatic N) is 1. The second-order valence-corrected chi connectivity index (χ2v) is 3.55. The van der Waals surface area contributed by atoms with Crippen molar-refractivity contribution in [3.05, 3.63) is 42.3 Å². The highest BCUT2D eigenvalue weighted by atomic mass is 16.4. The van der Waals surface area contributed by atoms with Gasteiger partial charge >= 0.3 is 5.97 Å². The predicted octanol–water partition coefficient (Wildman–Crippen LogP) is 1.47. The fourth-order valence-electron chi connectivity index (χ4n) is 1.71. The van der Waals surface area contributed by atoms with E-state index in [-0.39, 0.29) is 6.54 Å². The van der Waals surface area contributed by atoms with Crippen LogP contribution in [0.4, 0.5) is 0 Å². The lowest BCUT2D eigenvalue weighted by molar-refractivity contribution is -0.138. The van der Waals surface area contributed by atoms with Crippen LogP contribution >= 0.6 is 0 Å². The first-order valence-electron chi connectivity index (χ1n) is 5.15. The highest BCUT2D eigenvalue weighted by molar-refractivity contribution is 5.79. The molecule has 0 radical (unpaired) electrons. The molecule has 0 fully saturated rings. The van der Waals surface area contributed by atoms with E-state index >= 15 is 0 Å². The Labute approximate surface area is 97.9 Å². The Morgan fingerprint density at radius 2 is 2.24 bits per heavy atom. The van der Waals surface area contributed by atoms with Crippen molar-refractivity contribution in [3.63, 3.8) is 0 Å². The number of carboxylic acids is 1. The van der Waals surface area contributed by atoms with Crippen LogP contribution in [0.3, 0.4) is 0 Å². The molecular formula is C12H12N2O3. The zero-order valence-electron chi connectivity index (χ0n) is 9.04. The molecule has 5 heteroatoms. The van der Waals surface area contributed by atoms with E-state index in [1.54, 1.807) is 24.3 Å². The van der Waals surface area contributed by atoms with Gasteiger partial charge in [0, 0.05) is 12.1 Å². The summed E-state index contributed by atoms with van der Waals surface area (Å²) in [4.78, 5) is 15.1. The molecule has 1 heterocycles. The van der Waals surface area contributed by atoms with Gasteiger partial charge in [-0.25, -0.2) is 4.98 Å². The number of hydrogen-bond donors (Lipinski definition) is 2. The fraction of sp³-hybridized carbons (Fsp3) is 0.167. The Balaban J connectivity index is 2.51. The molecule has 5 nitrogen and oxygen atoms in total. The number of aliphatic carboxylic acids is 1. The fourth-order valence-corrected chi connectivity index (χ4v) is 1.71. The van der Waals surface area contributed by atoms with Crippen LogP contribution in [0.25, 0.3) is 11.5 Å². The highest BCUT2D eigenvalue weighted by Gasteiger charge is 2.22. The third-order valence-corrected chi connectivity index (χ3v) is 2.53. The van der Waals surface area contributed by atoms with Crippen molar-refractivity contribution in [3.8, 4) is 11.5 Å². The van der Waals surface area contributed by atoms with Crippen LogP contribution in [0.15, 0.2) is 41.1 Å². The second kappa shape index (κ2) is 4.80.